The molecule has 0 bridgehead atoms. The molecular weight excluding hydrogens is 254 g/mol. The topological polar surface area (TPSA) is 61.7 Å². The Hall–Kier alpha value is -0.810. The summed E-state index contributed by atoms with van der Waals surface area (Å²) in [5.41, 5.74) is 0. The number of aliphatic hydroxyl groups excluding tert-OH is 2. The van der Waals surface area contributed by atoms with Crippen molar-refractivity contribution in [3.8, 4) is 5.75 Å². The molecule has 0 fully saturated rings. The first-order valence-corrected chi connectivity index (χ1v) is 6.44. The van der Waals surface area contributed by atoms with E-state index in [0.717, 1.165) is 6.42 Å². The standard InChI is InChI=1S/C13H20ClNO3/c1-2-10(8-16)15-7-11(17)9-18-13-6-4-3-5-12(13)14/h3-6,10-11,15-17H,2,7-9H2,1H3/t10-,11-/m0/s1. The SMILES string of the molecule is CC[C@@H](CO)NC[C@H](O)COc1ccccc1Cl. The molecule has 0 radical (unpaired) electrons. The summed E-state index contributed by atoms with van der Waals surface area (Å²) in [6, 6.07) is 7.15. The average Bonchev–Trinajstić information content (AvgIpc) is 2.39. The van der Waals surface area contributed by atoms with Crippen LogP contribution in [0, 0.1) is 0 Å². The molecule has 0 aliphatic heterocycles. The minimum Gasteiger partial charge on any atom is -0.489 e. The van der Waals surface area contributed by atoms with Gasteiger partial charge in [-0.15, -0.1) is 0 Å². The molecule has 0 spiro atoms. The molecule has 1 aromatic rings. The van der Waals surface area contributed by atoms with Gasteiger partial charge in [0.05, 0.1) is 11.6 Å². The lowest BCUT2D eigenvalue weighted by molar-refractivity contribution is 0.0995. The highest BCUT2D eigenvalue weighted by molar-refractivity contribution is 6.32. The molecule has 0 heterocycles. The molecule has 0 unspecified atom stereocenters. The lowest BCUT2D eigenvalue weighted by atomic mass is 10.2. The first kappa shape index (κ1) is 15.2. The largest absolute Gasteiger partial charge is 0.489 e. The van der Waals surface area contributed by atoms with Gasteiger partial charge in [0.25, 0.3) is 0 Å². The molecular formula is C13H20ClNO3. The summed E-state index contributed by atoms with van der Waals surface area (Å²) < 4.78 is 5.41. The van der Waals surface area contributed by atoms with Crippen molar-refractivity contribution >= 4 is 11.6 Å². The number of para-hydroxylation sites is 1. The molecule has 102 valence electrons. The molecule has 0 saturated heterocycles. The normalized spacial score (nSPS) is 14.2. The minimum absolute atomic E-state index is 0.0139. The number of aliphatic hydroxyl groups is 2. The zero-order chi connectivity index (χ0) is 13.4. The summed E-state index contributed by atoms with van der Waals surface area (Å²) in [4.78, 5) is 0. The van der Waals surface area contributed by atoms with Gasteiger partial charge in [-0.25, -0.2) is 0 Å². The lowest BCUT2D eigenvalue weighted by Crippen LogP contribution is -2.39. The van der Waals surface area contributed by atoms with Crippen molar-refractivity contribution in [2.24, 2.45) is 0 Å². The Balaban J connectivity index is 2.29. The van der Waals surface area contributed by atoms with Gasteiger partial charge < -0.3 is 20.3 Å². The van der Waals surface area contributed by atoms with Crippen LogP contribution in [0.1, 0.15) is 13.3 Å². The molecule has 3 N–H and O–H groups in total. The maximum Gasteiger partial charge on any atom is 0.138 e. The van der Waals surface area contributed by atoms with Crippen molar-refractivity contribution in [1.82, 2.24) is 5.32 Å². The van der Waals surface area contributed by atoms with E-state index in [1.807, 2.05) is 19.1 Å². The van der Waals surface area contributed by atoms with E-state index in [9.17, 15) is 5.11 Å². The van der Waals surface area contributed by atoms with Gasteiger partial charge in [-0.1, -0.05) is 30.7 Å². The van der Waals surface area contributed by atoms with Gasteiger partial charge in [-0.3, -0.25) is 0 Å². The van der Waals surface area contributed by atoms with Crippen LogP contribution >= 0.6 is 11.6 Å². The van der Waals surface area contributed by atoms with Crippen LogP contribution in [0.15, 0.2) is 24.3 Å². The third-order valence-corrected chi connectivity index (χ3v) is 2.94. The molecule has 5 heteroatoms. The highest BCUT2D eigenvalue weighted by atomic mass is 35.5. The molecule has 0 aromatic heterocycles. The molecule has 0 saturated carbocycles. The highest BCUT2D eigenvalue weighted by Crippen LogP contribution is 2.22. The Labute approximate surface area is 113 Å². The molecule has 2 atom stereocenters. The summed E-state index contributed by atoms with van der Waals surface area (Å²) >= 11 is 5.92. The molecule has 1 rings (SSSR count). The Kier molecular flexibility index (Phi) is 7.05. The van der Waals surface area contributed by atoms with Gasteiger partial charge in [0.15, 0.2) is 0 Å². The van der Waals surface area contributed by atoms with E-state index in [4.69, 9.17) is 21.4 Å². The lowest BCUT2D eigenvalue weighted by Gasteiger charge is -2.18. The van der Waals surface area contributed by atoms with E-state index < -0.39 is 6.10 Å². The van der Waals surface area contributed by atoms with Gasteiger partial charge in [0, 0.05) is 12.6 Å². The monoisotopic (exact) mass is 273 g/mol. The first-order chi connectivity index (χ1) is 8.67. The minimum atomic E-state index is -0.637. The maximum absolute atomic E-state index is 9.73. The molecule has 4 nitrogen and oxygen atoms in total. The van der Waals surface area contributed by atoms with Crippen molar-refractivity contribution in [1.29, 1.82) is 0 Å². The van der Waals surface area contributed by atoms with E-state index in [-0.39, 0.29) is 19.3 Å². The number of halogens is 1. The van der Waals surface area contributed by atoms with Crippen LogP contribution in [0.3, 0.4) is 0 Å². The van der Waals surface area contributed by atoms with Crippen LogP contribution in [0.4, 0.5) is 0 Å². The van der Waals surface area contributed by atoms with Crippen molar-refractivity contribution in [3.63, 3.8) is 0 Å². The third kappa shape index (κ3) is 5.23. The summed E-state index contributed by atoms with van der Waals surface area (Å²) in [6.07, 6.45) is 0.177. The second-order valence-corrected chi connectivity index (χ2v) is 4.50. The molecule has 0 amide bonds. The number of rotatable bonds is 8. The zero-order valence-electron chi connectivity index (χ0n) is 10.5. The van der Waals surface area contributed by atoms with E-state index in [1.54, 1.807) is 12.1 Å². The van der Waals surface area contributed by atoms with Crippen LogP contribution < -0.4 is 10.1 Å². The number of nitrogens with one attached hydrogen (secondary N) is 1. The average molecular weight is 274 g/mol. The van der Waals surface area contributed by atoms with Gasteiger partial charge >= 0.3 is 0 Å². The van der Waals surface area contributed by atoms with E-state index in [2.05, 4.69) is 5.32 Å². The van der Waals surface area contributed by atoms with E-state index >= 15 is 0 Å². The van der Waals surface area contributed by atoms with Crippen molar-refractivity contribution in [2.75, 3.05) is 19.8 Å². The van der Waals surface area contributed by atoms with Gasteiger partial charge in [-0.05, 0) is 18.6 Å². The van der Waals surface area contributed by atoms with Crippen molar-refractivity contribution in [3.05, 3.63) is 29.3 Å². The second-order valence-electron chi connectivity index (χ2n) is 4.09. The number of benzene rings is 1. The fourth-order valence-electron chi connectivity index (χ4n) is 1.45. The summed E-state index contributed by atoms with van der Waals surface area (Å²) in [7, 11) is 0. The van der Waals surface area contributed by atoms with Crippen molar-refractivity contribution in [2.45, 2.75) is 25.5 Å². The fourth-order valence-corrected chi connectivity index (χ4v) is 1.64. The number of hydrogen-bond donors (Lipinski definition) is 3. The van der Waals surface area contributed by atoms with Gasteiger partial charge in [-0.2, -0.15) is 0 Å². The molecule has 0 aliphatic carbocycles. The third-order valence-electron chi connectivity index (χ3n) is 2.62. The molecule has 18 heavy (non-hydrogen) atoms. The smallest absolute Gasteiger partial charge is 0.138 e. The predicted octanol–water partition coefficient (Wildman–Crippen LogP) is 1.44. The first-order valence-electron chi connectivity index (χ1n) is 6.07. The maximum atomic E-state index is 9.73. The summed E-state index contributed by atoms with van der Waals surface area (Å²) in [5.74, 6) is 0.562. The van der Waals surface area contributed by atoms with Gasteiger partial charge in [0.1, 0.15) is 18.5 Å². The predicted molar refractivity (Wildman–Crippen MR) is 72.1 cm³/mol. The summed E-state index contributed by atoms with van der Waals surface area (Å²) in [6.45, 7) is 2.58. The van der Waals surface area contributed by atoms with Gasteiger partial charge in [0.2, 0.25) is 0 Å². The Bertz CT molecular complexity index is 345. The van der Waals surface area contributed by atoms with Crippen LogP contribution in [0.2, 0.25) is 5.02 Å². The van der Waals surface area contributed by atoms with Crippen molar-refractivity contribution < 1.29 is 14.9 Å². The zero-order valence-corrected chi connectivity index (χ0v) is 11.2. The van der Waals surface area contributed by atoms with Crippen LogP contribution in [-0.2, 0) is 0 Å². The van der Waals surface area contributed by atoms with Crippen LogP contribution in [-0.4, -0.2) is 42.1 Å². The Morgan fingerprint density at radius 1 is 1.39 bits per heavy atom. The molecule has 0 aliphatic rings. The highest BCUT2D eigenvalue weighted by Gasteiger charge is 2.10. The summed E-state index contributed by atoms with van der Waals surface area (Å²) in [5, 5.41) is 22.3. The van der Waals surface area contributed by atoms with Crippen LogP contribution in [0.25, 0.3) is 0 Å². The quantitative estimate of drug-likeness (QED) is 0.671. The number of ether oxygens (including phenoxy) is 1. The second kappa shape index (κ2) is 8.32. The fraction of sp³-hybridized carbons (Fsp3) is 0.538. The van der Waals surface area contributed by atoms with E-state index in [1.165, 1.54) is 0 Å². The Morgan fingerprint density at radius 2 is 2.11 bits per heavy atom. The molecule has 1 aromatic carbocycles. The van der Waals surface area contributed by atoms with Crippen LogP contribution in [0.5, 0.6) is 5.75 Å². The van der Waals surface area contributed by atoms with E-state index in [0.29, 0.717) is 17.3 Å². The number of hydrogen-bond acceptors (Lipinski definition) is 4. The Morgan fingerprint density at radius 3 is 2.72 bits per heavy atom.